The van der Waals surface area contributed by atoms with Gasteiger partial charge in [-0.2, -0.15) is 0 Å². The summed E-state index contributed by atoms with van der Waals surface area (Å²) in [5, 5.41) is 2.52. The molecule has 234 valence electrons. The molecule has 0 saturated heterocycles. The molecule has 1 N–H and O–H groups in total. The number of anilines is 1. The van der Waals surface area contributed by atoms with Gasteiger partial charge in [-0.25, -0.2) is 14.8 Å². The molecule has 3 heterocycles. The van der Waals surface area contributed by atoms with E-state index in [1.807, 2.05) is 30.0 Å². The van der Waals surface area contributed by atoms with Crippen molar-refractivity contribution in [2.24, 2.45) is 11.8 Å². The molecule has 10 nitrogen and oxygen atoms in total. The van der Waals surface area contributed by atoms with Crippen molar-refractivity contribution in [1.29, 1.82) is 0 Å². The molecule has 3 aliphatic rings. The van der Waals surface area contributed by atoms with Crippen LogP contribution in [0, 0.1) is 18.8 Å². The van der Waals surface area contributed by atoms with E-state index in [1.54, 1.807) is 26.6 Å². The van der Waals surface area contributed by atoms with Crippen molar-refractivity contribution in [2.75, 3.05) is 25.6 Å². The van der Waals surface area contributed by atoms with Crippen LogP contribution in [0.2, 0.25) is 0 Å². The zero-order valence-corrected chi connectivity index (χ0v) is 26.0. The summed E-state index contributed by atoms with van der Waals surface area (Å²) in [6.45, 7) is 2.61. The Bertz CT molecular complexity index is 1450. The Kier molecular flexibility index (Phi) is 9.14. The van der Waals surface area contributed by atoms with Crippen LogP contribution in [0.3, 0.4) is 0 Å². The summed E-state index contributed by atoms with van der Waals surface area (Å²) in [7, 11) is 3.23. The smallest absolute Gasteiger partial charge is 0.407 e. The number of ether oxygens (including phenoxy) is 2. The lowest BCUT2D eigenvalue weighted by Crippen LogP contribution is -2.42. The number of aryl methyl sites for hydroxylation is 1. The molecule has 0 bridgehead atoms. The number of alkyl carbamates (subject to hydrolysis) is 1. The Labute approximate surface area is 259 Å². The summed E-state index contributed by atoms with van der Waals surface area (Å²) >= 11 is 0. The SMILES string of the molecule is CNC(=O)OC1CCC(C(=O)N(CC2CCC(c3ccc(OC)c(C)n3)CC2)c2cc(-c3coc(C4CC4)n3)ccn2)CC1. The lowest BCUT2D eigenvalue weighted by molar-refractivity contribution is -0.124. The van der Waals surface area contributed by atoms with Crippen molar-refractivity contribution >= 4 is 17.8 Å². The minimum Gasteiger partial charge on any atom is -0.495 e. The average molecular weight is 602 g/mol. The first-order valence-electron chi connectivity index (χ1n) is 16.0. The van der Waals surface area contributed by atoms with Crippen molar-refractivity contribution in [2.45, 2.75) is 89.1 Å². The van der Waals surface area contributed by atoms with Gasteiger partial charge in [0, 0.05) is 48.8 Å². The van der Waals surface area contributed by atoms with E-state index in [1.165, 1.54) is 0 Å². The van der Waals surface area contributed by atoms with Gasteiger partial charge in [0.1, 0.15) is 29.6 Å². The first kappa shape index (κ1) is 30.1. The molecule has 0 aromatic carbocycles. The molecule has 3 aromatic heterocycles. The summed E-state index contributed by atoms with van der Waals surface area (Å²) < 4.78 is 16.6. The van der Waals surface area contributed by atoms with Crippen LogP contribution in [0.25, 0.3) is 11.3 Å². The fourth-order valence-corrected chi connectivity index (χ4v) is 6.73. The average Bonchev–Trinajstić information content (AvgIpc) is 3.79. The minimum absolute atomic E-state index is 0.0986. The highest BCUT2D eigenvalue weighted by molar-refractivity contribution is 5.94. The van der Waals surface area contributed by atoms with E-state index in [2.05, 4.69) is 11.4 Å². The zero-order chi connectivity index (χ0) is 30.6. The molecule has 10 heteroatoms. The maximum absolute atomic E-state index is 14.2. The van der Waals surface area contributed by atoms with Gasteiger partial charge in [-0.15, -0.1) is 0 Å². The quantitative estimate of drug-likeness (QED) is 0.293. The van der Waals surface area contributed by atoms with Crippen molar-refractivity contribution in [3.8, 4) is 17.0 Å². The number of aromatic nitrogens is 3. The van der Waals surface area contributed by atoms with Gasteiger partial charge in [-0.05, 0) is 101 Å². The minimum atomic E-state index is -0.421. The second kappa shape index (κ2) is 13.4. The molecule has 3 fully saturated rings. The van der Waals surface area contributed by atoms with Crippen LogP contribution in [-0.4, -0.2) is 53.8 Å². The summed E-state index contributed by atoms with van der Waals surface area (Å²) in [5.74, 6) is 3.42. The predicted molar refractivity (Wildman–Crippen MR) is 166 cm³/mol. The van der Waals surface area contributed by atoms with Crippen LogP contribution in [0.1, 0.15) is 93.3 Å². The van der Waals surface area contributed by atoms with E-state index in [0.29, 0.717) is 55.8 Å². The third-order valence-corrected chi connectivity index (χ3v) is 9.52. The maximum Gasteiger partial charge on any atom is 0.407 e. The van der Waals surface area contributed by atoms with Gasteiger partial charge >= 0.3 is 6.09 Å². The van der Waals surface area contributed by atoms with Crippen molar-refractivity contribution in [3.05, 3.63) is 54.0 Å². The van der Waals surface area contributed by atoms with E-state index in [4.69, 9.17) is 28.8 Å². The first-order chi connectivity index (χ1) is 21.4. The maximum atomic E-state index is 14.2. The number of carbonyl (C=O) groups is 2. The number of nitrogens with zero attached hydrogens (tertiary/aromatic N) is 4. The summed E-state index contributed by atoms with van der Waals surface area (Å²) in [5.41, 5.74) is 3.72. The lowest BCUT2D eigenvalue weighted by Gasteiger charge is -2.35. The third-order valence-electron chi connectivity index (χ3n) is 9.52. The number of carbonyl (C=O) groups excluding carboxylic acids is 2. The summed E-state index contributed by atoms with van der Waals surface area (Å²) in [4.78, 5) is 42.1. The Morgan fingerprint density at radius 1 is 0.977 bits per heavy atom. The normalized spacial score (nSPS) is 23.5. The van der Waals surface area contributed by atoms with E-state index in [0.717, 1.165) is 72.8 Å². The molecule has 0 aliphatic heterocycles. The molecule has 0 atom stereocenters. The molecule has 0 spiro atoms. The van der Waals surface area contributed by atoms with E-state index >= 15 is 0 Å². The monoisotopic (exact) mass is 601 g/mol. The molecular weight excluding hydrogens is 558 g/mol. The van der Waals surface area contributed by atoms with Gasteiger partial charge in [-0.3, -0.25) is 14.7 Å². The fraction of sp³-hybridized carbons (Fsp3) is 0.559. The highest BCUT2D eigenvalue weighted by Crippen LogP contribution is 2.41. The molecule has 0 radical (unpaired) electrons. The van der Waals surface area contributed by atoms with Gasteiger partial charge in [-0.1, -0.05) is 0 Å². The molecule has 3 aliphatic carbocycles. The van der Waals surface area contributed by atoms with Crippen LogP contribution in [0.5, 0.6) is 5.75 Å². The Hall–Kier alpha value is -3.95. The number of pyridine rings is 2. The second-order valence-corrected chi connectivity index (χ2v) is 12.6. The number of nitrogens with one attached hydrogen (secondary N) is 1. The molecule has 0 unspecified atom stereocenters. The molecule has 44 heavy (non-hydrogen) atoms. The largest absolute Gasteiger partial charge is 0.495 e. The number of hydrogen-bond acceptors (Lipinski definition) is 8. The predicted octanol–water partition coefficient (Wildman–Crippen LogP) is 6.55. The third kappa shape index (κ3) is 6.89. The molecular formula is C34H43N5O5. The fourth-order valence-electron chi connectivity index (χ4n) is 6.73. The van der Waals surface area contributed by atoms with Crippen molar-refractivity contribution in [3.63, 3.8) is 0 Å². The lowest BCUT2D eigenvalue weighted by atomic mass is 9.79. The van der Waals surface area contributed by atoms with Crippen LogP contribution in [0.4, 0.5) is 10.6 Å². The standard InChI is InChI=1S/C34H43N5O5/c1-21-30(42-3)15-14-28(37-21)23-6-4-22(5-7-23)19-39(33(40)25-10-12-27(13-11-25)44-34(41)35-2)31-18-26(16-17-36-31)29-20-43-32(38-29)24-8-9-24/h14-18,20,22-25,27H,4-13,19H2,1-3H3,(H,35,41). The number of rotatable bonds is 9. The Morgan fingerprint density at radius 3 is 2.41 bits per heavy atom. The van der Waals surface area contributed by atoms with E-state index in [-0.39, 0.29) is 17.9 Å². The van der Waals surface area contributed by atoms with Gasteiger partial charge < -0.3 is 19.2 Å². The van der Waals surface area contributed by atoms with Crippen molar-refractivity contribution < 1.29 is 23.5 Å². The molecule has 3 saturated carbocycles. The van der Waals surface area contributed by atoms with Crippen LogP contribution in [-0.2, 0) is 9.53 Å². The summed E-state index contributed by atoms with van der Waals surface area (Å²) in [6, 6.07) is 8.00. The Morgan fingerprint density at radius 2 is 1.73 bits per heavy atom. The second-order valence-electron chi connectivity index (χ2n) is 12.6. The van der Waals surface area contributed by atoms with Crippen LogP contribution >= 0.6 is 0 Å². The van der Waals surface area contributed by atoms with Gasteiger partial charge in [0.15, 0.2) is 5.89 Å². The van der Waals surface area contributed by atoms with Crippen LogP contribution in [0.15, 0.2) is 41.1 Å². The van der Waals surface area contributed by atoms with Crippen LogP contribution < -0.4 is 15.0 Å². The Balaban J connectivity index is 1.17. The zero-order valence-electron chi connectivity index (χ0n) is 26.0. The van der Waals surface area contributed by atoms with Gasteiger partial charge in [0.2, 0.25) is 5.91 Å². The molecule has 3 aromatic rings. The molecule has 2 amide bonds. The van der Waals surface area contributed by atoms with Crippen molar-refractivity contribution in [1.82, 2.24) is 20.3 Å². The highest BCUT2D eigenvalue weighted by Gasteiger charge is 2.35. The number of hydrogen-bond donors (Lipinski definition) is 1. The first-order valence-corrected chi connectivity index (χ1v) is 16.0. The summed E-state index contributed by atoms with van der Waals surface area (Å²) in [6.07, 6.45) is 11.9. The topological polar surface area (TPSA) is 120 Å². The highest BCUT2D eigenvalue weighted by atomic mass is 16.6. The van der Waals surface area contributed by atoms with E-state index < -0.39 is 6.09 Å². The molecule has 6 rings (SSSR count). The van der Waals surface area contributed by atoms with Gasteiger partial charge in [0.05, 0.1) is 12.8 Å². The number of methoxy groups -OCH3 is 1. The number of oxazole rings is 1. The van der Waals surface area contributed by atoms with Gasteiger partial charge in [0.25, 0.3) is 0 Å². The number of amides is 2. The van der Waals surface area contributed by atoms with E-state index in [9.17, 15) is 9.59 Å².